The molecule has 0 fully saturated rings. The lowest BCUT2D eigenvalue weighted by Gasteiger charge is -2.28. The number of aryl methyl sites for hydroxylation is 2. The van der Waals surface area contributed by atoms with Crippen LogP contribution >= 0.6 is 11.9 Å². The number of carboxylic acids is 1. The van der Waals surface area contributed by atoms with Crippen molar-refractivity contribution < 1.29 is 14.6 Å². The van der Waals surface area contributed by atoms with Crippen LogP contribution in [-0.4, -0.2) is 40.2 Å². The first-order valence-electron chi connectivity index (χ1n) is 13.8. The van der Waals surface area contributed by atoms with Crippen LogP contribution in [0.3, 0.4) is 0 Å². The third kappa shape index (κ3) is 10.1. The number of carboxylic acid groups (broad SMARTS) is 1. The molecule has 3 N–H and O–H groups in total. The Morgan fingerprint density at radius 1 is 0.975 bits per heavy atom. The van der Waals surface area contributed by atoms with E-state index in [0.29, 0.717) is 18.4 Å². The summed E-state index contributed by atoms with van der Waals surface area (Å²) in [5, 5.41) is 13.0. The fraction of sp³-hybridized carbons (Fsp3) is 0.469. The van der Waals surface area contributed by atoms with E-state index in [1.54, 1.807) is 18.2 Å². The number of carbonyl (C=O) groups is 1. The minimum absolute atomic E-state index is 0.145. The molecule has 0 bridgehead atoms. The van der Waals surface area contributed by atoms with Crippen molar-refractivity contribution in [2.45, 2.75) is 79.2 Å². The Balaban J connectivity index is 1.87. The molecule has 2 aromatic carbocycles. The first-order chi connectivity index (χ1) is 18.7. The van der Waals surface area contributed by atoms with Crippen LogP contribution in [0.4, 0.5) is 5.95 Å². The van der Waals surface area contributed by atoms with Gasteiger partial charge < -0.3 is 15.2 Å². The van der Waals surface area contributed by atoms with Crippen LogP contribution < -0.4 is 14.8 Å². The van der Waals surface area contributed by atoms with Crippen molar-refractivity contribution in [2.24, 2.45) is 10.8 Å². The van der Waals surface area contributed by atoms with E-state index in [2.05, 4.69) is 82.5 Å². The zero-order chi connectivity index (χ0) is 29.5. The van der Waals surface area contributed by atoms with Crippen LogP contribution in [0.1, 0.15) is 75.9 Å². The number of nitrogens with zero attached hydrogens (tertiary/aromatic N) is 2. The average Bonchev–Trinajstić information content (AvgIpc) is 2.84. The summed E-state index contributed by atoms with van der Waals surface area (Å²) < 4.78 is 9.54. The molecule has 0 aliphatic carbocycles. The lowest BCUT2D eigenvalue weighted by atomic mass is 9.87. The Hall–Kier alpha value is -3.10. The number of hydrogen-bond acceptors (Lipinski definition) is 7. The smallest absolute Gasteiger partial charge is 0.335 e. The fourth-order valence-corrected chi connectivity index (χ4v) is 5.09. The summed E-state index contributed by atoms with van der Waals surface area (Å²) in [7, 11) is 0. The molecule has 0 amide bonds. The Labute approximate surface area is 243 Å². The molecule has 216 valence electrons. The van der Waals surface area contributed by atoms with E-state index in [1.807, 2.05) is 18.2 Å². The highest BCUT2D eigenvalue weighted by molar-refractivity contribution is 8.00. The van der Waals surface area contributed by atoms with Crippen molar-refractivity contribution in [3.8, 4) is 17.1 Å². The number of ether oxygens (including phenoxy) is 1. The Morgan fingerprint density at radius 3 is 2.27 bits per heavy atom. The van der Waals surface area contributed by atoms with Gasteiger partial charge in [-0.05, 0) is 85.3 Å². The molecule has 40 heavy (non-hydrogen) atoms. The lowest BCUT2D eigenvalue weighted by Crippen LogP contribution is -2.39. The number of nitrogens with one attached hydrogen (secondary N) is 2. The maximum Gasteiger partial charge on any atom is 0.335 e. The molecule has 0 spiro atoms. The third-order valence-corrected chi connectivity index (χ3v) is 7.15. The summed E-state index contributed by atoms with van der Waals surface area (Å²) in [6.07, 6.45) is 2.04. The standard InChI is InChI=1S/C32H44N4O3S/c1-21-11-9-12-22(2)28(21)26-18-27(39-20-24(19-32(6,7)8)33-16-15-31(3,4)5)35-30(34-26)36-40-25-14-10-13-23(17-25)29(37)38/h9-14,17-18,24,33H,15-16,19-20H2,1-8H3,(H,37,38)(H,34,35,36)/t24-/m1/s1. The molecule has 3 rings (SSSR count). The van der Waals surface area contributed by atoms with E-state index in [0.717, 1.165) is 46.7 Å². The predicted octanol–water partition coefficient (Wildman–Crippen LogP) is 7.79. The molecule has 1 atom stereocenters. The second kappa shape index (κ2) is 13.5. The summed E-state index contributed by atoms with van der Waals surface area (Å²) >= 11 is 1.27. The topological polar surface area (TPSA) is 96.4 Å². The molecule has 8 heteroatoms. The quantitative estimate of drug-likeness (QED) is 0.192. The second-order valence-corrected chi connectivity index (χ2v) is 13.6. The number of aromatic carboxylic acids is 1. The molecule has 1 heterocycles. The molecular formula is C32H44N4O3S. The predicted molar refractivity (Wildman–Crippen MR) is 165 cm³/mol. The molecule has 0 radical (unpaired) electrons. The Morgan fingerprint density at radius 2 is 1.65 bits per heavy atom. The Kier molecular flexibility index (Phi) is 10.6. The molecule has 0 saturated heterocycles. The van der Waals surface area contributed by atoms with E-state index in [-0.39, 0.29) is 22.4 Å². The molecular weight excluding hydrogens is 520 g/mol. The van der Waals surface area contributed by atoms with Crippen LogP contribution in [0.25, 0.3) is 11.3 Å². The molecule has 3 aromatic rings. The minimum Gasteiger partial charge on any atom is -0.478 e. The highest BCUT2D eigenvalue weighted by Gasteiger charge is 2.21. The molecule has 0 aliphatic heterocycles. The van der Waals surface area contributed by atoms with E-state index in [4.69, 9.17) is 9.72 Å². The summed E-state index contributed by atoms with van der Waals surface area (Å²) in [6, 6.07) is 15.0. The van der Waals surface area contributed by atoms with Crippen molar-refractivity contribution >= 4 is 23.9 Å². The number of aromatic nitrogens is 2. The summed E-state index contributed by atoms with van der Waals surface area (Å²) in [4.78, 5) is 21.6. The normalized spacial score (nSPS) is 12.7. The summed E-state index contributed by atoms with van der Waals surface area (Å²) in [6.45, 7) is 19.0. The van der Waals surface area contributed by atoms with Gasteiger partial charge in [-0.1, -0.05) is 65.8 Å². The van der Waals surface area contributed by atoms with Crippen molar-refractivity contribution in [3.05, 3.63) is 65.2 Å². The fourth-order valence-electron chi connectivity index (χ4n) is 4.45. The van der Waals surface area contributed by atoms with Gasteiger partial charge in [0.15, 0.2) is 0 Å². The Bertz CT molecular complexity index is 1280. The zero-order valence-corrected chi connectivity index (χ0v) is 25.9. The number of benzene rings is 2. The largest absolute Gasteiger partial charge is 0.478 e. The summed E-state index contributed by atoms with van der Waals surface area (Å²) in [5.41, 5.74) is 4.69. The maximum absolute atomic E-state index is 11.4. The van der Waals surface area contributed by atoms with Gasteiger partial charge in [0.1, 0.15) is 6.61 Å². The molecule has 7 nitrogen and oxygen atoms in total. The minimum atomic E-state index is -0.965. The molecule has 0 saturated carbocycles. The van der Waals surface area contributed by atoms with Gasteiger partial charge in [-0.3, -0.25) is 4.72 Å². The maximum atomic E-state index is 11.4. The van der Waals surface area contributed by atoms with Gasteiger partial charge in [0.05, 0.1) is 11.3 Å². The van der Waals surface area contributed by atoms with E-state index >= 15 is 0 Å². The second-order valence-electron chi connectivity index (χ2n) is 12.8. The van der Waals surface area contributed by atoms with Crippen molar-refractivity contribution in [1.82, 2.24) is 15.3 Å². The first-order valence-corrected chi connectivity index (χ1v) is 14.6. The van der Waals surface area contributed by atoms with E-state index in [9.17, 15) is 9.90 Å². The molecule has 0 aliphatic rings. The van der Waals surface area contributed by atoms with Crippen LogP contribution in [0.2, 0.25) is 0 Å². The van der Waals surface area contributed by atoms with Crippen LogP contribution in [-0.2, 0) is 0 Å². The van der Waals surface area contributed by atoms with Gasteiger partial charge in [-0.25, -0.2) is 9.78 Å². The third-order valence-electron chi connectivity index (χ3n) is 6.38. The number of hydrogen-bond donors (Lipinski definition) is 3. The highest BCUT2D eigenvalue weighted by atomic mass is 32.2. The van der Waals surface area contributed by atoms with Gasteiger partial charge in [-0.2, -0.15) is 4.98 Å². The van der Waals surface area contributed by atoms with Crippen molar-refractivity contribution in [3.63, 3.8) is 0 Å². The van der Waals surface area contributed by atoms with Gasteiger partial charge >= 0.3 is 5.97 Å². The van der Waals surface area contributed by atoms with Crippen LogP contribution in [0, 0.1) is 24.7 Å². The van der Waals surface area contributed by atoms with Crippen LogP contribution in [0.5, 0.6) is 5.88 Å². The van der Waals surface area contributed by atoms with Crippen molar-refractivity contribution in [2.75, 3.05) is 17.9 Å². The summed E-state index contributed by atoms with van der Waals surface area (Å²) in [5.74, 6) is -0.0761. The van der Waals surface area contributed by atoms with Gasteiger partial charge in [0, 0.05) is 22.6 Å². The molecule has 1 aromatic heterocycles. The van der Waals surface area contributed by atoms with Gasteiger partial charge in [0.25, 0.3) is 0 Å². The van der Waals surface area contributed by atoms with E-state index < -0.39 is 5.97 Å². The van der Waals surface area contributed by atoms with E-state index in [1.165, 1.54) is 11.9 Å². The lowest BCUT2D eigenvalue weighted by molar-refractivity contribution is 0.0696. The SMILES string of the molecule is Cc1cccc(C)c1-c1cc(OC[C@@H](CC(C)(C)C)NCCC(C)(C)C)nc(NSc2cccc(C(=O)O)c2)n1. The highest BCUT2D eigenvalue weighted by Crippen LogP contribution is 2.30. The van der Waals surface area contributed by atoms with Crippen LogP contribution in [0.15, 0.2) is 53.4 Å². The first kappa shape index (κ1) is 31.4. The monoisotopic (exact) mass is 564 g/mol. The van der Waals surface area contributed by atoms with Gasteiger partial charge in [0.2, 0.25) is 11.8 Å². The van der Waals surface area contributed by atoms with Gasteiger partial charge in [-0.15, -0.1) is 0 Å². The number of anilines is 1. The van der Waals surface area contributed by atoms with Crippen molar-refractivity contribution in [1.29, 1.82) is 0 Å². The number of rotatable bonds is 12. The zero-order valence-electron chi connectivity index (χ0n) is 25.1. The molecule has 0 unspecified atom stereocenters. The average molecular weight is 565 g/mol.